The first-order valence-electron chi connectivity index (χ1n) is 13.1. The number of amides is 1. The number of hydrogen-bond donors (Lipinski definition) is 2. The molecule has 4 aromatic rings. The van der Waals surface area contributed by atoms with Gasteiger partial charge in [-0.15, -0.1) is 13.2 Å². The number of alkyl halides is 3. The second-order valence-corrected chi connectivity index (χ2v) is 12.8. The summed E-state index contributed by atoms with van der Waals surface area (Å²) in [5, 5.41) is 13.5. The van der Waals surface area contributed by atoms with Crippen LogP contribution in [0.1, 0.15) is 26.8 Å². The van der Waals surface area contributed by atoms with E-state index in [4.69, 9.17) is 4.74 Å². The lowest BCUT2D eigenvalue weighted by atomic mass is 9.97. The zero-order valence-electron chi connectivity index (χ0n) is 23.0. The molecule has 0 radical (unpaired) electrons. The van der Waals surface area contributed by atoms with Crippen molar-refractivity contribution in [2.45, 2.75) is 55.8 Å². The number of halogens is 3. The van der Waals surface area contributed by atoms with Crippen molar-refractivity contribution in [1.82, 2.24) is 14.2 Å². The molecule has 0 spiro atoms. The number of para-hydroxylation sites is 2. The molecule has 1 aromatic heterocycles. The van der Waals surface area contributed by atoms with Crippen molar-refractivity contribution in [1.29, 1.82) is 0 Å². The summed E-state index contributed by atoms with van der Waals surface area (Å²) in [5.41, 5.74) is 0.747. The summed E-state index contributed by atoms with van der Waals surface area (Å²) in [6.07, 6.45) is -6.92. The van der Waals surface area contributed by atoms with E-state index in [0.29, 0.717) is 0 Å². The summed E-state index contributed by atoms with van der Waals surface area (Å²) >= 11 is 0. The average molecular weight is 606 g/mol. The molecule has 1 amide bonds. The van der Waals surface area contributed by atoms with Crippen LogP contribution < -0.4 is 9.46 Å². The van der Waals surface area contributed by atoms with Crippen molar-refractivity contribution in [3.8, 4) is 5.75 Å². The van der Waals surface area contributed by atoms with E-state index >= 15 is 0 Å². The lowest BCUT2D eigenvalue weighted by molar-refractivity contribution is -0.274. The van der Waals surface area contributed by atoms with Crippen molar-refractivity contribution in [3.63, 3.8) is 0 Å². The van der Waals surface area contributed by atoms with Gasteiger partial charge in [-0.2, -0.15) is 0 Å². The van der Waals surface area contributed by atoms with Crippen LogP contribution in [0, 0.1) is 0 Å². The third-order valence-corrected chi connectivity index (χ3v) is 8.41. The summed E-state index contributed by atoms with van der Waals surface area (Å²) in [6.45, 7) is 4.94. The van der Waals surface area contributed by atoms with Crippen LogP contribution in [0.5, 0.6) is 5.75 Å². The topological polar surface area (TPSA) is 110 Å². The first-order valence-corrected chi connectivity index (χ1v) is 14.6. The van der Waals surface area contributed by atoms with Crippen LogP contribution in [0.15, 0.2) is 77.7 Å². The molecule has 13 heteroatoms. The largest absolute Gasteiger partial charge is 0.573 e. The molecule has 9 nitrogen and oxygen atoms in total. The number of rotatable bonds is 5. The number of sulfonamides is 1. The van der Waals surface area contributed by atoms with Gasteiger partial charge in [-0.25, -0.2) is 17.9 Å². The number of hydrogen-bond acceptors (Lipinski definition) is 6. The predicted molar refractivity (Wildman–Crippen MR) is 150 cm³/mol. The molecule has 0 unspecified atom stereocenters. The van der Waals surface area contributed by atoms with Crippen LogP contribution in [0.2, 0.25) is 0 Å². The van der Waals surface area contributed by atoms with Gasteiger partial charge in [-0.1, -0.05) is 36.4 Å². The second-order valence-electron chi connectivity index (χ2n) is 11.1. The zero-order chi connectivity index (χ0) is 30.4. The van der Waals surface area contributed by atoms with E-state index in [1.165, 1.54) is 4.90 Å². The normalized spacial score (nSPS) is 20.2. The number of aliphatic hydroxyl groups is 1. The molecular formula is C29H30F3N3O6S. The Morgan fingerprint density at radius 3 is 1.98 bits per heavy atom. The number of fused-ring (bicyclic) bond motifs is 3. The zero-order valence-corrected chi connectivity index (χ0v) is 23.8. The molecule has 2 heterocycles. The van der Waals surface area contributed by atoms with E-state index < -0.39 is 52.0 Å². The highest BCUT2D eigenvalue weighted by Gasteiger charge is 2.42. The molecule has 42 heavy (non-hydrogen) atoms. The van der Waals surface area contributed by atoms with Gasteiger partial charge in [0.2, 0.25) is 10.0 Å². The Morgan fingerprint density at radius 2 is 1.45 bits per heavy atom. The Morgan fingerprint density at radius 1 is 0.905 bits per heavy atom. The van der Waals surface area contributed by atoms with E-state index in [0.717, 1.165) is 46.1 Å². The fourth-order valence-electron chi connectivity index (χ4n) is 5.24. The predicted octanol–water partition coefficient (Wildman–Crippen LogP) is 5.19. The van der Waals surface area contributed by atoms with E-state index in [2.05, 4.69) is 9.46 Å². The Hall–Kier alpha value is -3.81. The average Bonchev–Trinajstić information content (AvgIpc) is 3.22. The number of aliphatic hydroxyl groups excluding tert-OH is 1. The smallest absolute Gasteiger partial charge is 0.444 e. The number of carbonyl (C=O) groups excluding carboxylic acids is 1. The first-order chi connectivity index (χ1) is 19.6. The van der Waals surface area contributed by atoms with Gasteiger partial charge in [0.15, 0.2) is 0 Å². The van der Waals surface area contributed by atoms with Crippen molar-refractivity contribution >= 4 is 37.9 Å². The minimum atomic E-state index is -4.93. The van der Waals surface area contributed by atoms with Crippen molar-refractivity contribution in [3.05, 3.63) is 72.8 Å². The van der Waals surface area contributed by atoms with Gasteiger partial charge in [0.05, 0.1) is 23.1 Å². The summed E-state index contributed by atoms with van der Waals surface area (Å²) in [5.74, 6) is -0.582. The SMILES string of the molecule is CC(C)(C)OC(=O)N1C[C@H](NS(=O)(=O)c2ccc(OC(F)(F)F)cc2)[C@@H](O)[C@H](n2c3ccccc3c3ccccc32)C1. The molecule has 1 saturated heterocycles. The van der Waals surface area contributed by atoms with E-state index in [1.54, 1.807) is 20.8 Å². The van der Waals surface area contributed by atoms with Crippen LogP contribution >= 0.6 is 0 Å². The van der Waals surface area contributed by atoms with Crippen molar-refractivity contribution in [2.75, 3.05) is 13.1 Å². The molecule has 1 aliphatic rings. The maximum atomic E-state index is 13.3. The standard InChI is InChI=1S/C29H30F3N3O6S/c1-28(2,3)41-27(37)34-16-22(33-42(38,39)19-14-12-18(13-15-19)40-29(30,31)32)26(36)25(17-34)35-23-10-6-4-8-20(23)21-9-5-7-11-24(21)35/h4-15,22,25-26,33,36H,16-17H2,1-3H3/t22-,25+,26+/m0/s1. The minimum Gasteiger partial charge on any atom is -0.444 e. The van der Waals surface area contributed by atoms with E-state index in [-0.39, 0.29) is 18.0 Å². The third kappa shape index (κ3) is 6.18. The fraction of sp³-hybridized carbons (Fsp3) is 0.345. The molecule has 0 bridgehead atoms. The Labute approximate surface area is 240 Å². The van der Waals surface area contributed by atoms with Crippen molar-refractivity contribution < 1.29 is 41.0 Å². The van der Waals surface area contributed by atoms with Crippen LogP contribution in [0.4, 0.5) is 18.0 Å². The molecule has 1 fully saturated rings. The number of ether oxygens (including phenoxy) is 2. The van der Waals surface area contributed by atoms with E-state index in [9.17, 15) is 31.5 Å². The number of nitrogens with one attached hydrogen (secondary N) is 1. The molecule has 1 aliphatic heterocycles. The number of nitrogens with zero attached hydrogens (tertiary/aromatic N) is 2. The highest BCUT2D eigenvalue weighted by molar-refractivity contribution is 7.89. The molecular weight excluding hydrogens is 575 g/mol. The fourth-order valence-corrected chi connectivity index (χ4v) is 6.48. The van der Waals surface area contributed by atoms with Crippen LogP contribution in [0.3, 0.4) is 0 Å². The van der Waals surface area contributed by atoms with Crippen molar-refractivity contribution in [2.24, 2.45) is 0 Å². The van der Waals surface area contributed by atoms with Crippen LogP contribution in [-0.4, -0.2) is 66.3 Å². The number of aromatic nitrogens is 1. The molecule has 3 atom stereocenters. The molecule has 224 valence electrons. The van der Waals surface area contributed by atoms with Crippen LogP contribution in [-0.2, 0) is 14.8 Å². The Bertz CT molecular complexity index is 1660. The lowest BCUT2D eigenvalue weighted by Crippen LogP contribution is -2.60. The maximum absolute atomic E-state index is 13.3. The molecule has 5 rings (SSSR count). The third-order valence-electron chi connectivity index (χ3n) is 6.91. The van der Waals surface area contributed by atoms with E-state index in [1.807, 2.05) is 53.1 Å². The quantitative estimate of drug-likeness (QED) is 0.324. The summed E-state index contributed by atoms with van der Waals surface area (Å²) in [4.78, 5) is 14.2. The van der Waals surface area contributed by atoms with Gasteiger partial charge in [0.1, 0.15) is 11.4 Å². The lowest BCUT2D eigenvalue weighted by Gasteiger charge is -2.42. The number of likely N-dealkylation sites (tertiary alicyclic amines) is 1. The van der Waals surface area contributed by atoms with Gasteiger partial charge in [0, 0.05) is 34.9 Å². The highest BCUT2D eigenvalue weighted by atomic mass is 32.2. The van der Waals surface area contributed by atoms with Gasteiger partial charge < -0.3 is 24.0 Å². The number of benzene rings is 3. The minimum absolute atomic E-state index is 0.0282. The number of piperidine rings is 1. The molecule has 0 saturated carbocycles. The maximum Gasteiger partial charge on any atom is 0.573 e. The molecule has 3 aromatic carbocycles. The van der Waals surface area contributed by atoms with Crippen LogP contribution in [0.25, 0.3) is 21.8 Å². The number of carbonyl (C=O) groups is 1. The first kappa shape index (κ1) is 29.7. The summed E-state index contributed by atoms with van der Waals surface area (Å²) in [6, 6.07) is 16.9. The monoisotopic (exact) mass is 605 g/mol. The molecule has 0 aliphatic carbocycles. The second kappa shape index (κ2) is 10.8. The highest BCUT2D eigenvalue weighted by Crippen LogP contribution is 2.36. The van der Waals surface area contributed by atoms with Gasteiger partial charge >= 0.3 is 12.5 Å². The summed E-state index contributed by atoms with van der Waals surface area (Å²) in [7, 11) is -4.35. The van der Waals surface area contributed by atoms with Gasteiger partial charge in [0.25, 0.3) is 0 Å². The van der Waals surface area contributed by atoms with Gasteiger partial charge in [-0.3, -0.25) is 0 Å². The Balaban J connectivity index is 1.52. The summed E-state index contributed by atoms with van der Waals surface area (Å²) < 4.78 is 78.1. The van der Waals surface area contributed by atoms with Gasteiger partial charge in [-0.05, 0) is 57.2 Å². The Kier molecular flexibility index (Phi) is 7.62. The molecule has 2 N–H and O–H groups in total.